The van der Waals surface area contributed by atoms with Crippen LogP contribution >= 0.6 is 43.2 Å². The first-order chi connectivity index (χ1) is 10.5. The van der Waals surface area contributed by atoms with Gasteiger partial charge in [0.05, 0.1) is 8.66 Å². The third kappa shape index (κ3) is 3.77. The Morgan fingerprint density at radius 2 is 1.91 bits per heavy atom. The molecule has 0 aliphatic heterocycles. The molecule has 7 heteroatoms. The van der Waals surface area contributed by atoms with Gasteiger partial charge in [-0.2, -0.15) is 0 Å². The fraction of sp³-hybridized carbons (Fsp3) is 0.200. The summed E-state index contributed by atoms with van der Waals surface area (Å²) in [6, 6.07) is 9.03. The molecule has 1 aromatic heterocycles. The molecule has 4 nitrogen and oxygen atoms in total. The lowest BCUT2D eigenvalue weighted by atomic mass is 10.2. The Labute approximate surface area is 148 Å². The second-order valence-electron chi connectivity index (χ2n) is 5.01. The van der Waals surface area contributed by atoms with E-state index in [0.29, 0.717) is 22.2 Å². The molecule has 1 aliphatic rings. The van der Waals surface area contributed by atoms with Crippen molar-refractivity contribution < 1.29 is 9.59 Å². The van der Waals surface area contributed by atoms with Gasteiger partial charge in [0, 0.05) is 21.8 Å². The zero-order valence-electron chi connectivity index (χ0n) is 11.4. The molecule has 1 aromatic carbocycles. The highest BCUT2D eigenvalue weighted by Gasteiger charge is 2.23. The summed E-state index contributed by atoms with van der Waals surface area (Å²) in [6.45, 7) is 0. The van der Waals surface area contributed by atoms with Gasteiger partial charge in [-0.1, -0.05) is 6.07 Å². The third-order valence-electron chi connectivity index (χ3n) is 3.16. The molecular weight excluding hydrogens is 432 g/mol. The second-order valence-corrected chi connectivity index (χ2v) is 8.24. The molecule has 2 amide bonds. The minimum Gasteiger partial charge on any atom is -0.349 e. The molecule has 0 unspecified atom stereocenters. The Morgan fingerprint density at radius 3 is 2.55 bits per heavy atom. The molecule has 22 heavy (non-hydrogen) atoms. The van der Waals surface area contributed by atoms with Gasteiger partial charge in [-0.3, -0.25) is 9.59 Å². The largest absolute Gasteiger partial charge is 0.349 e. The molecule has 2 aromatic rings. The van der Waals surface area contributed by atoms with Crippen LogP contribution in [0.5, 0.6) is 0 Å². The number of halogens is 2. The van der Waals surface area contributed by atoms with Gasteiger partial charge < -0.3 is 10.6 Å². The molecule has 0 saturated heterocycles. The predicted molar refractivity (Wildman–Crippen MR) is 94.6 cm³/mol. The Kier molecular flexibility index (Phi) is 4.65. The van der Waals surface area contributed by atoms with Crippen LogP contribution in [0.3, 0.4) is 0 Å². The van der Waals surface area contributed by atoms with Crippen molar-refractivity contribution in [1.29, 1.82) is 0 Å². The number of carbonyl (C=O) groups is 2. The van der Waals surface area contributed by atoms with Crippen molar-refractivity contribution in [2.45, 2.75) is 18.9 Å². The number of anilines is 1. The van der Waals surface area contributed by atoms with Crippen LogP contribution in [0.2, 0.25) is 0 Å². The van der Waals surface area contributed by atoms with Crippen LogP contribution in [0.4, 0.5) is 5.69 Å². The Morgan fingerprint density at radius 1 is 1.14 bits per heavy atom. The van der Waals surface area contributed by atoms with Crippen LogP contribution in [0.25, 0.3) is 0 Å². The first kappa shape index (κ1) is 15.7. The van der Waals surface area contributed by atoms with Gasteiger partial charge in [0.15, 0.2) is 0 Å². The van der Waals surface area contributed by atoms with Crippen LogP contribution in [-0.2, 0) is 0 Å². The molecular formula is C15H12Br2N2O2S. The van der Waals surface area contributed by atoms with Crippen molar-refractivity contribution in [2.75, 3.05) is 5.32 Å². The lowest BCUT2D eigenvalue weighted by Gasteiger charge is -2.07. The molecule has 1 aliphatic carbocycles. The SMILES string of the molecule is O=C(NC1CC1)c1cccc(NC(=O)c2cc(Br)c(Br)s2)c1. The first-order valence-electron chi connectivity index (χ1n) is 6.70. The molecule has 114 valence electrons. The number of nitrogens with one attached hydrogen (secondary N) is 2. The summed E-state index contributed by atoms with van der Waals surface area (Å²) in [6.07, 6.45) is 2.09. The van der Waals surface area contributed by atoms with E-state index >= 15 is 0 Å². The number of thiophene rings is 1. The van der Waals surface area contributed by atoms with Crippen molar-refractivity contribution in [3.8, 4) is 0 Å². The average molecular weight is 444 g/mol. The summed E-state index contributed by atoms with van der Waals surface area (Å²) < 4.78 is 1.72. The Bertz CT molecular complexity index is 721. The topological polar surface area (TPSA) is 58.2 Å². The summed E-state index contributed by atoms with van der Waals surface area (Å²) in [5.74, 6) is -0.295. The Balaban J connectivity index is 1.71. The lowest BCUT2D eigenvalue weighted by molar-refractivity contribution is 0.0949. The molecule has 3 rings (SSSR count). The van der Waals surface area contributed by atoms with Gasteiger partial charge in [-0.05, 0) is 69.0 Å². The zero-order chi connectivity index (χ0) is 15.7. The fourth-order valence-corrected chi connectivity index (χ4v) is 3.82. The maximum absolute atomic E-state index is 12.2. The van der Waals surface area contributed by atoms with Gasteiger partial charge in [0.25, 0.3) is 11.8 Å². The van der Waals surface area contributed by atoms with E-state index in [0.717, 1.165) is 21.1 Å². The van der Waals surface area contributed by atoms with E-state index in [4.69, 9.17) is 0 Å². The molecule has 0 bridgehead atoms. The summed E-state index contributed by atoms with van der Waals surface area (Å²) in [5, 5.41) is 5.74. The molecule has 0 spiro atoms. The van der Waals surface area contributed by atoms with Crippen LogP contribution in [0.1, 0.15) is 32.9 Å². The van der Waals surface area contributed by atoms with E-state index in [2.05, 4.69) is 42.5 Å². The van der Waals surface area contributed by atoms with Crippen LogP contribution in [-0.4, -0.2) is 17.9 Å². The minimum absolute atomic E-state index is 0.0970. The quantitative estimate of drug-likeness (QED) is 0.734. The summed E-state index contributed by atoms with van der Waals surface area (Å²) in [5.41, 5.74) is 1.16. The van der Waals surface area contributed by atoms with E-state index in [-0.39, 0.29) is 11.8 Å². The smallest absolute Gasteiger partial charge is 0.265 e. The van der Waals surface area contributed by atoms with E-state index in [1.54, 1.807) is 30.3 Å². The highest BCUT2D eigenvalue weighted by Crippen LogP contribution is 2.32. The van der Waals surface area contributed by atoms with Gasteiger partial charge in [-0.15, -0.1) is 11.3 Å². The standard InChI is InChI=1S/C15H12Br2N2O2S/c16-11-7-12(22-13(11)17)15(21)19-10-3-1-2-8(6-10)14(20)18-9-4-5-9/h1-3,6-7,9H,4-5H2,(H,18,20)(H,19,21). The van der Waals surface area contributed by atoms with Crippen molar-refractivity contribution in [3.63, 3.8) is 0 Å². The summed E-state index contributed by atoms with van der Waals surface area (Å²) in [7, 11) is 0. The number of benzene rings is 1. The predicted octanol–water partition coefficient (Wildman–Crippen LogP) is 4.42. The minimum atomic E-state index is -0.198. The van der Waals surface area contributed by atoms with Crippen LogP contribution in [0, 0.1) is 0 Å². The zero-order valence-corrected chi connectivity index (χ0v) is 15.3. The molecule has 2 N–H and O–H groups in total. The van der Waals surface area contributed by atoms with Gasteiger partial charge >= 0.3 is 0 Å². The van der Waals surface area contributed by atoms with E-state index < -0.39 is 0 Å². The number of amides is 2. The van der Waals surface area contributed by atoms with Crippen LogP contribution < -0.4 is 10.6 Å². The highest BCUT2D eigenvalue weighted by atomic mass is 79.9. The number of hydrogen-bond acceptors (Lipinski definition) is 3. The van der Waals surface area contributed by atoms with Crippen molar-refractivity contribution >= 4 is 60.7 Å². The van der Waals surface area contributed by atoms with Crippen molar-refractivity contribution in [2.24, 2.45) is 0 Å². The van der Waals surface area contributed by atoms with Crippen molar-refractivity contribution in [3.05, 3.63) is 49.0 Å². The first-order valence-corrected chi connectivity index (χ1v) is 9.10. The van der Waals surface area contributed by atoms with E-state index in [9.17, 15) is 9.59 Å². The number of carbonyl (C=O) groups excluding carboxylic acids is 2. The van der Waals surface area contributed by atoms with Crippen LogP contribution in [0.15, 0.2) is 38.6 Å². The molecule has 1 fully saturated rings. The molecule has 1 saturated carbocycles. The maximum atomic E-state index is 12.2. The third-order valence-corrected chi connectivity index (χ3v) is 6.42. The summed E-state index contributed by atoms with van der Waals surface area (Å²) >= 11 is 8.08. The maximum Gasteiger partial charge on any atom is 0.265 e. The molecule has 1 heterocycles. The molecule has 0 atom stereocenters. The monoisotopic (exact) mass is 442 g/mol. The second kappa shape index (κ2) is 6.52. The summed E-state index contributed by atoms with van der Waals surface area (Å²) in [4.78, 5) is 24.8. The van der Waals surface area contributed by atoms with Crippen molar-refractivity contribution in [1.82, 2.24) is 5.32 Å². The van der Waals surface area contributed by atoms with Gasteiger partial charge in [0.1, 0.15) is 0 Å². The van der Waals surface area contributed by atoms with Gasteiger partial charge in [0.2, 0.25) is 0 Å². The average Bonchev–Trinajstić information content (AvgIpc) is 3.24. The van der Waals surface area contributed by atoms with E-state index in [1.807, 2.05) is 0 Å². The number of hydrogen-bond donors (Lipinski definition) is 2. The van der Waals surface area contributed by atoms with E-state index in [1.165, 1.54) is 11.3 Å². The highest BCUT2D eigenvalue weighted by molar-refractivity contribution is 9.13. The van der Waals surface area contributed by atoms with Gasteiger partial charge in [-0.25, -0.2) is 0 Å². The lowest BCUT2D eigenvalue weighted by Crippen LogP contribution is -2.25. The Hall–Kier alpha value is -1.18. The molecule has 0 radical (unpaired) electrons. The fourth-order valence-electron chi connectivity index (χ4n) is 1.89. The normalized spacial score (nSPS) is 13.7. The number of rotatable bonds is 4.